The highest BCUT2D eigenvalue weighted by molar-refractivity contribution is 7.92. The van der Waals surface area contributed by atoms with Crippen LogP contribution in [0.3, 0.4) is 0 Å². The molecular weight excluding hydrogens is 582 g/mol. The highest BCUT2D eigenvalue weighted by Gasteiger charge is 2.33. The van der Waals surface area contributed by atoms with Crippen molar-refractivity contribution >= 4 is 27.6 Å². The van der Waals surface area contributed by atoms with Gasteiger partial charge in [0.1, 0.15) is 33.6 Å². The molecule has 0 radical (unpaired) electrons. The maximum Gasteiger partial charge on any atom is 0.410 e. The number of nitrogens with one attached hydrogen (secondary N) is 1. The molecular formula is C30H36F2N4O6S. The monoisotopic (exact) mass is 618 g/mol. The van der Waals surface area contributed by atoms with E-state index in [4.69, 9.17) is 14.2 Å². The molecule has 1 amide bonds. The Kier molecular flexibility index (Phi) is 9.33. The quantitative estimate of drug-likeness (QED) is 0.313. The molecule has 1 saturated heterocycles. The Bertz CT molecular complexity index is 1600. The standard InChI is InChI=1S/C30H36F2N4O6S/c1-19-14-26(23(31)16-24(19)33-21-12-13-35(18-21)29(37)42-30(2,3)4)43(38,39)36(28-9-7-8-27(32)34-28)17-20-10-11-22(40-5)15-25(20)41-6/h7-11,14-16,21,33H,12-13,17-18H2,1-6H3/t21-/m0/s1. The zero-order chi connectivity index (χ0) is 31.5. The summed E-state index contributed by atoms with van der Waals surface area (Å²) in [4.78, 5) is 17.2. The van der Waals surface area contributed by atoms with Gasteiger partial charge in [0.2, 0.25) is 5.95 Å². The van der Waals surface area contributed by atoms with E-state index in [9.17, 15) is 17.6 Å². The van der Waals surface area contributed by atoms with E-state index in [-0.39, 0.29) is 18.4 Å². The number of ether oxygens (including phenoxy) is 3. The van der Waals surface area contributed by atoms with Gasteiger partial charge in [-0.1, -0.05) is 6.07 Å². The summed E-state index contributed by atoms with van der Waals surface area (Å²) < 4.78 is 74.8. The second kappa shape index (κ2) is 12.6. The number of aryl methyl sites for hydroxylation is 1. The number of aromatic nitrogens is 1. The molecule has 43 heavy (non-hydrogen) atoms. The Morgan fingerprint density at radius 3 is 2.51 bits per heavy atom. The van der Waals surface area contributed by atoms with Crippen molar-refractivity contribution in [2.45, 2.75) is 57.2 Å². The molecule has 0 spiro atoms. The molecule has 3 aromatic rings. The van der Waals surface area contributed by atoms with Crippen molar-refractivity contribution in [1.82, 2.24) is 9.88 Å². The Morgan fingerprint density at radius 2 is 1.86 bits per heavy atom. The topological polar surface area (TPSA) is 110 Å². The molecule has 0 saturated carbocycles. The molecule has 0 bridgehead atoms. The first-order chi connectivity index (χ1) is 20.2. The van der Waals surface area contributed by atoms with E-state index in [1.165, 1.54) is 32.4 Å². The van der Waals surface area contributed by atoms with Gasteiger partial charge < -0.3 is 24.4 Å². The molecule has 4 rings (SSSR count). The number of amides is 1. The number of carbonyl (C=O) groups excluding carboxylic acids is 1. The molecule has 2 aromatic carbocycles. The number of hydrogen-bond donors (Lipinski definition) is 1. The number of anilines is 2. The molecule has 1 fully saturated rings. The molecule has 0 unspecified atom stereocenters. The van der Waals surface area contributed by atoms with Crippen molar-refractivity contribution in [3.63, 3.8) is 0 Å². The average Bonchev–Trinajstić information content (AvgIpc) is 3.41. The summed E-state index contributed by atoms with van der Waals surface area (Å²) in [6.45, 7) is 7.50. The third kappa shape index (κ3) is 7.45. The third-order valence-electron chi connectivity index (χ3n) is 6.81. The molecule has 232 valence electrons. The molecule has 1 aliphatic heterocycles. The van der Waals surface area contributed by atoms with Gasteiger partial charge in [-0.05, 0) is 76.1 Å². The number of pyridine rings is 1. The third-order valence-corrected chi connectivity index (χ3v) is 8.58. The summed E-state index contributed by atoms with van der Waals surface area (Å²) in [6, 6.07) is 10.7. The molecule has 1 aliphatic rings. The van der Waals surface area contributed by atoms with Gasteiger partial charge >= 0.3 is 6.09 Å². The minimum Gasteiger partial charge on any atom is -0.497 e. The average molecular weight is 619 g/mol. The van der Waals surface area contributed by atoms with Gasteiger partial charge in [-0.2, -0.15) is 4.39 Å². The zero-order valence-corrected chi connectivity index (χ0v) is 25.8. The van der Waals surface area contributed by atoms with E-state index in [1.807, 2.05) is 0 Å². The van der Waals surface area contributed by atoms with Crippen LogP contribution in [0.25, 0.3) is 0 Å². The van der Waals surface area contributed by atoms with E-state index in [2.05, 4.69) is 10.3 Å². The predicted octanol–water partition coefficient (Wildman–Crippen LogP) is 5.50. The van der Waals surface area contributed by atoms with Gasteiger partial charge in [0.15, 0.2) is 0 Å². The van der Waals surface area contributed by atoms with Crippen LogP contribution in [-0.2, 0) is 21.3 Å². The van der Waals surface area contributed by atoms with Gasteiger partial charge in [0, 0.05) is 36.4 Å². The van der Waals surface area contributed by atoms with Crippen molar-refractivity contribution in [2.24, 2.45) is 0 Å². The van der Waals surface area contributed by atoms with Crippen LogP contribution in [0.4, 0.5) is 25.1 Å². The zero-order valence-electron chi connectivity index (χ0n) is 25.0. The van der Waals surface area contributed by atoms with Crippen LogP contribution in [0.1, 0.15) is 38.3 Å². The van der Waals surface area contributed by atoms with Crippen molar-refractivity contribution in [3.8, 4) is 11.5 Å². The first kappa shape index (κ1) is 31.8. The van der Waals surface area contributed by atoms with Crippen LogP contribution >= 0.6 is 0 Å². The van der Waals surface area contributed by atoms with Crippen LogP contribution in [0.2, 0.25) is 0 Å². The highest BCUT2D eigenvalue weighted by Crippen LogP contribution is 2.33. The van der Waals surface area contributed by atoms with E-state index in [1.54, 1.807) is 50.8 Å². The summed E-state index contributed by atoms with van der Waals surface area (Å²) in [7, 11) is -1.70. The maximum absolute atomic E-state index is 15.7. The maximum atomic E-state index is 15.7. The highest BCUT2D eigenvalue weighted by atomic mass is 32.2. The number of methoxy groups -OCH3 is 2. The van der Waals surface area contributed by atoms with Crippen LogP contribution in [0.15, 0.2) is 53.4 Å². The number of rotatable bonds is 9. The van der Waals surface area contributed by atoms with Crippen molar-refractivity contribution in [1.29, 1.82) is 0 Å². The predicted molar refractivity (Wildman–Crippen MR) is 158 cm³/mol. The summed E-state index contributed by atoms with van der Waals surface area (Å²) in [5.41, 5.74) is 0.644. The Morgan fingerprint density at radius 1 is 1.12 bits per heavy atom. The smallest absolute Gasteiger partial charge is 0.410 e. The molecule has 1 atom stereocenters. The summed E-state index contributed by atoms with van der Waals surface area (Å²) in [6.07, 6.45) is 0.170. The van der Waals surface area contributed by atoms with Gasteiger partial charge in [0.25, 0.3) is 10.0 Å². The number of benzene rings is 2. The summed E-state index contributed by atoms with van der Waals surface area (Å²) in [5, 5.41) is 3.22. The first-order valence-corrected chi connectivity index (χ1v) is 15.1. The van der Waals surface area contributed by atoms with E-state index >= 15 is 4.39 Å². The Hall–Kier alpha value is -4.13. The molecule has 1 N–H and O–H groups in total. The summed E-state index contributed by atoms with van der Waals surface area (Å²) >= 11 is 0. The number of likely N-dealkylation sites (tertiary alicyclic amines) is 1. The van der Waals surface area contributed by atoms with Crippen LogP contribution in [-0.4, -0.2) is 63.3 Å². The normalized spacial score (nSPS) is 15.3. The fraction of sp³-hybridized carbons (Fsp3) is 0.400. The van der Waals surface area contributed by atoms with E-state index in [0.29, 0.717) is 47.8 Å². The van der Waals surface area contributed by atoms with Crippen molar-refractivity contribution < 1.29 is 36.2 Å². The Labute approximate surface area is 250 Å². The number of nitrogens with zero attached hydrogens (tertiary/aromatic N) is 3. The van der Waals surface area contributed by atoms with Crippen LogP contribution < -0.4 is 19.1 Å². The molecule has 10 nitrogen and oxygen atoms in total. The molecule has 0 aliphatic carbocycles. The minimum absolute atomic E-state index is 0.191. The van der Waals surface area contributed by atoms with Gasteiger partial charge in [-0.15, -0.1) is 0 Å². The number of hydrogen-bond acceptors (Lipinski definition) is 8. The van der Waals surface area contributed by atoms with Gasteiger partial charge in [0.05, 0.1) is 20.8 Å². The SMILES string of the molecule is COc1ccc(CN(c2cccc(F)n2)S(=O)(=O)c2cc(C)c(N[C@H]3CCN(C(=O)OC(C)(C)C)C3)cc2F)c(OC)c1. The fourth-order valence-corrected chi connectivity index (χ4v) is 6.21. The fourth-order valence-electron chi connectivity index (χ4n) is 4.68. The number of carbonyl (C=O) groups is 1. The Balaban J connectivity index is 1.63. The van der Waals surface area contributed by atoms with E-state index in [0.717, 1.165) is 16.4 Å². The lowest BCUT2D eigenvalue weighted by molar-refractivity contribution is 0.0293. The lowest BCUT2D eigenvalue weighted by Crippen LogP contribution is -2.36. The van der Waals surface area contributed by atoms with Crippen LogP contribution in [0, 0.1) is 18.7 Å². The molecule has 13 heteroatoms. The summed E-state index contributed by atoms with van der Waals surface area (Å²) in [5.74, 6) is -1.32. The number of sulfonamides is 1. The molecule has 1 aromatic heterocycles. The second-order valence-electron chi connectivity index (χ2n) is 11.2. The first-order valence-electron chi connectivity index (χ1n) is 13.6. The van der Waals surface area contributed by atoms with E-state index < -0.39 is 38.4 Å². The van der Waals surface area contributed by atoms with Crippen molar-refractivity contribution in [3.05, 3.63) is 71.4 Å². The molecule has 2 heterocycles. The van der Waals surface area contributed by atoms with Gasteiger partial charge in [-0.25, -0.2) is 26.9 Å². The van der Waals surface area contributed by atoms with Crippen molar-refractivity contribution in [2.75, 3.05) is 36.9 Å². The second-order valence-corrected chi connectivity index (χ2v) is 13.0. The number of halogens is 2. The van der Waals surface area contributed by atoms with Crippen LogP contribution in [0.5, 0.6) is 11.5 Å². The largest absolute Gasteiger partial charge is 0.497 e. The minimum atomic E-state index is -4.60. The lowest BCUT2D eigenvalue weighted by atomic mass is 10.1. The van der Waals surface area contributed by atoms with Gasteiger partial charge in [-0.3, -0.25) is 0 Å². The lowest BCUT2D eigenvalue weighted by Gasteiger charge is -2.26.